The predicted molar refractivity (Wildman–Crippen MR) is 284 cm³/mol. The van der Waals surface area contributed by atoms with E-state index >= 15 is 0 Å². The Labute approximate surface area is 431 Å². The van der Waals surface area contributed by atoms with Crippen LogP contribution in [0.3, 0.4) is 0 Å². The zero-order valence-electron chi connectivity index (χ0n) is 41.2. The summed E-state index contributed by atoms with van der Waals surface area (Å²) in [5.41, 5.74) is -0.104. The van der Waals surface area contributed by atoms with E-state index in [9.17, 15) is 28.8 Å². The van der Waals surface area contributed by atoms with E-state index in [1.165, 1.54) is 0 Å². The Hall–Kier alpha value is -4.78. The van der Waals surface area contributed by atoms with E-state index in [4.69, 9.17) is 24.4 Å². The van der Waals surface area contributed by atoms with E-state index in [0.717, 1.165) is 0 Å². The summed E-state index contributed by atoms with van der Waals surface area (Å²) in [5, 5.41) is 23.8. The van der Waals surface area contributed by atoms with Crippen molar-refractivity contribution in [2.45, 2.75) is 126 Å². The van der Waals surface area contributed by atoms with Crippen molar-refractivity contribution in [1.29, 1.82) is 0 Å². The number of thioether (sulfide) groups is 2. The molecule has 70 heavy (non-hydrogen) atoms. The smallest absolute Gasteiger partial charge is 0.247 e. The van der Waals surface area contributed by atoms with Gasteiger partial charge in [-0.05, 0) is 87.1 Å². The highest BCUT2D eigenvalue weighted by Gasteiger charge is 2.56. The third-order valence-corrected chi connectivity index (χ3v) is 17.0. The lowest BCUT2D eigenvalue weighted by Crippen LogP contribution is -2.58. The van der Waals surface area contributed by atoms with Crippen LogP contribution in [0.5, 0.6) is 0 Å². The molecule has 4 heterocycles. The van der Waals surface area contributed by atoms with Gasteiger partial charge in [0.25, 0.3) is 0 Å². The largest absolute Gasteiger partial charge is 0.367 e. The zero-order valence-corrected chi connectivity index (χ0v) is 44.4. The van der Waals surface area contributed by atoms with Crippen LogP contribution in [0.15, 0.2) is 60.7 Å². The number of fused-ring (bicyclic) bond motifs is 2. The summed E-state index contributed by atoms with van der Waals surface area (Å²) in [6.45, 7) is 11.5. The number of nitrogens with zero attached hydrogens (tertiary/aromatic N) is 2. The number of amides is 6. The quantitative estimate of drug-likeness (QED) is 0.0901. The third kappa shape index (κ3) is 12.8. The molecule has 20 heteroatoms. The lowest BCUT2D eigenvalue weighted by atomic mass is 9.83. The van der Waals surface area contributed by atoms with Crippen LogP contribution in [-0.4, -0.2) is 141 Å². The summed E-state index contributed by atoms with van der Waals surface area (Å²) in [7, 11) is 3.59. The Kier molecular flexibility index (Phi) is 18.8. The van der Waals surface area contributed by atoms with Crippen molar-refractivity contribution in [1.82, 2.24) is 52.3 Å². The second-order valence-corrected chi connectivity index (χ2v) is 23.0. The fourth-order valence-corrected chi connectivity index (χ4v) is 13.2. The maximum absolute atomic E-state index is 14.5. The molecule has 4 aliphatic rings. The average Bonchev–Trinajstić information content (AvgIpc) is 3.66. The number of thiocarbonyl (C=S) groups is 2. The number of rotatable bonds is 16. The Morgan fingerprint density at radius 2 is 1.00 bits per heavy atom. The second-order valence-electron chi connectivity index (χ2n) is 19.5. The number of hydrogen-bond acceptors (Lipinski definition) is 12. The summed E-state index contributed by atoms with van der Waals surface area (Å²) < 4.78 is 0. The number of benzene rings is 2. The average molecular weight is 1030 g/mol. The first-order valence-corrected chi connectivity index (χ1v) is 26.8. The maximum Gasteiger partial charge on any atom is 0.247 e. The number of carbonyl (C=O) groups is 6. The lowest BCUT2D eigenvalue weighted by molar-refractivity contribution is -0.143. The number of likely N-dealkylation sites (N-methyl/N-ethyl adjacent to an activating group) is 2. The van der Waals surface area contributed by atoms with Gasteiger partial charge >= 0.3 is 0 Å². The topological polar surface area (TPSA) is 205 Å². The van der Waals surface area contributed by atoms with Gasteiger partial charge in [0.15, 0.2) is 0 Å². The number of nitrogens with one attached hydrogen (secondary N) is 8. The molecule has 6 amide bonds. The first-order chi connectivity index (χ1) is 33.3. The molecule has 6 rings (SSSR count). The minimum absolute atomic E-state index is 0.0997. The van der Waals surface area contributed by atoms with Crippen molar-refractivity contribution in [3.8, 4) is 11.8 Å². The zero-order chi connectivity index (χ0) is 50.9. The minimum Gasteiger partial charge on any atom is -0.367 e. The van der Waals surface area contributed by atoms with Crippen molar-refractivity contribution in [3.05, 3.63) is 71.8 Å². The van der Waals surface area contributed by atoms with Crippen LogP contribution in [0.25, 0.3) is 0 Å². The van der Waals surface area contributed by atoms with Crippen molar-refractivity contribution in [2.24, 2.45) is 10.8 Å². The molecule has 378 valence electrons. The van der Waals surface area contributed by atoms with Crippen molar-refractivity contribution >= 4 is 93.4 Å². The molecule has 0 radical (unpaired) electrons. The molecule has 8 N–H and O–H groups in total. The van der Waals surface area contributed by atoms with Gasteiger partial charge in [-0.3, -0.25) is 28.8 Å². The lowest BCUT2D eigenvalue weighted by Gasteiger charge is -2.35. The van der Waals surface area contributed by atoms with Gasteiger partial charge in [0.2, 0.25) is 35.4 Å². The third-order valence-electron chi connectivity index (χ3n) is 13.6. The van der Waals surface area contributed by atoms with Gasteiger partial charge in [0.05, 0.1) is 45.9 Å². The van der Waals surface area contributed by atoms with Crippen LogP contribution >= 0.6 is 48.0 Å². The van der Waals surface area contributed by atoms with Crippen LogP contribution in [0.4, 0.5) is 0 Å². The Morgan fingerprint density at radius 1 is 0.643 bits per heavy atom. The highest BCUT2D eigenvalue weighted by Crippen LogP contribution is 2.48. The van der Waals surface area contributed by atoms with Crippen LogP contribution < -0.4 is 42.5 Å². The molecule has 0 bridgehead atoms. The van der Waals surface area contributed by atoms with E-state index in [0.29, 0.717) is 58.3 Å². The molecule has 2 aromatic carbocycles. The standard InChI is InChI=1S/C50H68N10O6S4/c1-29(51-7)45(67)55-33-21-25-69-35-27-49(3,4)39(59(35)47(33)65)43(63)57-37(31-17-11-9-12-18-31)41(61)53-23-15-16-24-54-42(62)38(32-19-13-10-14-20-32)58-44(64)40-50(5,6)28-36-60(40)48(66)34(22-26-70-36)56-46(68)30(2)52-8/h9-14,17-20,29-30,33-40,51-52H,21-28H2,1-8H3,(H,53,61)(H,54,62)(H,55,67)(H,56,68)(H,57,63)(H,58,64)/t29-,30-,33-,34-,35-,36-,37-,38-,39+,40+/m0/s1. The first kappa shape index (κ1) is 54.6. The summed E-state index contributed by atoms with van der Waals surface area (Å²) in [6.07, 6.45) is 2.31. The van der Waals surface area contributed by atoms with Gasteiger partial charge in [0, 0.05) is 0 Å². The molecule has 16 nitrogen and oxygen atoms in total. The monoisotopic (exact) mass is 1030 g/mol. The Morgan fingerprint density at radius 3 is 1.34 bits per heavy atom. The van der Waals surface area contributed by atoms with Gasteiger partial charge in [-0.25, -0.2) is 0 Å². The molecule has 0 unspecified atom stereocenters. The van der Waals surface area contributed by atoms with Gasteiger partial charge in [-0.1, -0.05) is 125 Å². The first-order valence-electron chi connectivity index (χ1n) is 23.8. The fraction of sp³-hybridized carbons (Fsp3) is 0.560. The number of carbonyl (C=O) groups excluding carboxylic acids is 6. The summed E-state index contributed by atoms with van der Waals surface area (Å²) in [5.74, 6) is 4.90. The molecule has 4 saturated heterocycles. The van der Waals surface area contributed by atoms with Gasteiger partial charge in [0.1, 0.15) is 36.3 Å². The SMILES string of the molecule is CN[C@@H](C)C(=S)N[C@H]1CCS[C@H]2CC(C)(C)[C@@H](C(=O)N[C@H](C(=O)NCC#CCNC(=O)[C@@H](NC(=O)[C@H]3N4C(=O)[C@@H](NC(=S)[C@H](C)NC)CCS[C@H]4CC3(C)C)c3ccccc3)c3ccccc3)N2C1=O. The van der Waals surface area contributed by atoms with E-state index in [2.05, 4.69) is 54.4 Å². The summed E-state index contributed by atoms with van der Waals surface area (Å²) >= 11 is 14.5. The van der Waals surface area contributed by atoms with Gasteiger partial charge < -0.3 is 52.3 Å². The van der Waals surface area contributed by atoms with Crippen LogP contribution in [-0.2, 0) is 28.8 Å². The molecular weight excluding hydrogens is 965 g/mol. The Balaban J connectivity index is 1.10. The van der Waals surface area contributed by atoms with E-state index in [1.54, 1.807) is 95.9 Å². The number of hydrogen-bond donors (Lipinski definition) is 8. The highest BCUT2D eigenvalue weighted by atomic mass is 32.2. The van der Waals surface area contributed by atoms with Crippen molar-refractivity contribution < 1.29 is 28.8 Å². The molecule has 0 aromatic heterocycles. The molecule has 4 fully saturated rings. The van der Waals surface area contributed by atoms with E-state index in [1.807, 2.05) is 53.7 Å². The van der Waals surface area contributed by atoms with Crippen molar-refractivity contribution in [2.75, 3.05) is 38.7 Å². The van der Waals surface area contributed by atoms with Crippen LogP contribution in [0, 0.1) is 22.7 Å². The molecule has 0 spiro atoms. The van der Waals surface area contributed by atoms with E-state index in [-0.39, 0.29) is 47.7 Å². The summed E-state index contributed by atoms with van der Waals surface area (Å²) in [4.78, 5) is 89.7. The minimum atomic E-state index is -1.10. The predicted octanol–water partition coefficient (Wildman–Crippen LogP) is 2.90. The Bertz CT molecular complexity index is 2170. The van der Waals surface area contributed by atoms with Crippen LogP contribution in [0.1, 0.15) is 90.4 Å². The highest BCUT2D eigenvalue weighted by molar-refractivity contribution is 8.00. The molecule has 4 aliphatic heterocycles. The molecule has 2 aromatic rings. The molecule has 0 aliphatic carbocycles. The molecular formula is C50H68N10O6S4. The molecule has 0 saturated carbocycles. The van der Waals surface area contributed by atoms with Gasteiger partial charge in [-0.15, -0.1) is 23.5 Å². The van der Waals surface area contributed by atoms with E-state index < -0.39 is 70.7 Å². The van der Waals surface area contributed by atoms with Crippen molar-refractivity contribution in [3.63, 3.8) is 0 Å². The summed E-state index contributed by atoms with van der Waals surface area (Å²) in [6, 6.07) is 12.4. The fourth-order valence-electron chi connectivity index (χ4n) is 9.48. The van der Waals surface area contributed by atoms with Gasteiger partial charge in [-0.2, -0.15) is 0 Å². The van der Waals surface area contributed by atoms with Crippen LogP contribution in [0.2, 0.25) is 0 Å². The normalized spacial score (nSPS) is 25.1. The second kappa shape index (κ2) is 24.1. The molecule has 10 atom stereocenters. The maximum atomic E-state index is 14.5.